The van der Waals surface area contributed by atoms with E-state index in [1.165, 1.54) is 18.9 Å². The Morgan fingerprint density at radius 2 is 1.55 bits per heavy atom. The monoisotopic (exact) mass is 599 g/mol. The molecule has 0 unspecified atom stereocenters. The lowest BCUT2D eigenvalue weighted by Gasteiger charge is -2.42. The van der Waals surface area contributed by atoms with Crippen LogP contribution in [-0.2, 0) is 23.9 Å². The molecule has 10 nitrogen and oxygen atoms in total. The van der Waals surface area contributed by atoms with Gasteiger partial charge in [0.1, 0.15) is 36.2 Å². The molecule has 0 spiro atoms. The van der Waals surface area contributed by atoms with Crippen molar-refractivity contribution in [1.29, 1.82) is 0 Å². The first-order valence-corrected chi connectivity index (χ1v) is 14.6. The molecule has 1 fully saturated rings. The maximum atomic E-state index is 14.0. The average Bonchev–Trinajstić information content (AvgIpc) is 3.32. The molecule has 5 rings (SSSR count). The number of esters is 1. The number of alkyl carbamates (subject to hydrolysis) is 1. The number of hydrogen-bond donors (Lipinski definition) is 2. The summed E-state index contributed by atoms with van der Waals surface area (Å²) in [6.07, 6.45) is -2.05. The predicted octanol–water partition coefficient (Wildman–Crippen LogP) is 4.68. The van der Waals surface area contributed by atoms with E-state index in [0.717, 1.165) is 22.3 Å². The van der Waals surface area contributed by atoms with Crippen LogP contribution in [0, 0.1) is 0 Å². The fourth-order valence-corrected chi connectivity index (χ4v) is 5.71. The molecule has 230 valence electrons. The normalized spacial score (nSPS) is 18.4. The largest absolute Gasteiger partial charge is 0.497 e. The molecule has 3 aromatic rings. The SMILES string of the molecule is COc1ccc([C@H]2NC(=O)C[C@@H](C(=O)OC(C)(C)C)N2C(=O)[C@@H](C)NC(=O)OCC2c3ccccc3-c3ccccc32)cc1. The van der Waals surface area contributed by atoms with E-state index >= 15 is 0 Å². The molecule has 0 aromatic heterocycles. The summed E-state index contributed by atoms with van der Waals surface area (Å²) in [6.45, 7) is 6.72. The van der Waals surface area contributed by atoms with Crippen LogP contribution in [0.5, 0.6) is 5.75 Å². The molecular weight excluding hydrogens is 562 g/mol. The highest BCUT2D eigenvalue weighted by atomic mass is 16.6. The first-order chi connectivity index (χ1) is 21.0. The van der Waals surface area contributed by atoms with Crippen molar-refractivity contribution in [3.05, 3.63) is 89.5 Å². The summed E-state index contributed by atoms with van der Waals surface area (Å²) < 4.78 is 16.5. The third-order valence-corrected chi connectivity index (χ3v) is 7.70. The molecule has 2 aliphatic rings. The van der Waals surface area contributed by atoms with Crippen molar-refractivity contribution in [1.82, 2.24) is 15.5 Å². The third-order valence-electron chi connectivity index (χ3n) is 7.70. The van der Waals surface area contributed by atoms with Gasteiger partial charge < -0.3 is 29.7 Å². The second kappa shape index (κ2) is 12.4. The van der Waals surface area contributed by atoms with Crippen LogP contribution in [0.1, 0.15) is 62.9 Å². The Kier molecular flexibility index (Phi) is 8.62. The Morgan fingerprint density at radius 3 is 2.11 bits per heavy atom. The van der Waals surface area contributed by atoms with Gasteiger partial charge in [0.2, 0.25) is 11.8 Å². The fraction of sp³-hybridized carbons (Fsp3) is 0.353. The molecule has 3 amide bonds. The number of benzene rings is 3. The minimum Gasteiger partial charge on any atom is -0.497 e. The smallest absolute Gasteiger partial charge is 0.407 e. The number of rotatable bonds is 7. The minimum atomic E-state index is -1.21. The maximum Gasteiger partial charge on any atom is 0.407 e. The van der Waals surface area contributed by atoms with E-state index in [9.17, 15) is 19.2 Å². The van der Waals surface area contributed by atoms with Crippen LogP contribution in [0.3, 0.4) is 0 Å². The molecule has 1 heterocycles. The molecule has 0 saturated carbocycles. The number of nitrogens with zero attached hydrogens (tertiary/aromatic N) is 1. The molecule has 0 radical (unpaired) electrons. The van der Waals surface area contributed by atoms with E-state index < -0.39 is 47.7 Å². The summed E-state index contributed by atoms with van der Waals surface area (Å²) >= 11 is 0. The molecule has 1 saturated heterocycles. The van der Waals surface area contributed by atoms with Crippen LogP contribution in [0.4, 0.5) is 4.79 Å². The summed E-state index contributed by atoms with van der Waals surface area (Å²) in [7, 11) is 1.53. The number of hydrogen-bond acceptors (Lipinski definition) is 7. The Bertz CT molecular complexity index is 1520. The Labute approximate surface area is 256 Å². The standard InChI is InChI=1S/C34H37N3O7/c1-20(35-33(41)43-19-27-25-12-8-6-10-23(25)24-11-7-9-13-26(24)27)31(39)37-28(32(40)44-34(2,3)4)18-29(38)36-30(37)21-14-16-22(42-5)17-15-21/h6-17,20,27-28,30H,18-19H2,1-5H3,(H,35,41)(H,36,38)/t20-,28+,30+/m1/s1. The highest BCUT2D eigenvalue weighted by Gasteiger charge is 2.45. The number of methoxy groups -OCH3 is 1. The summed E-state index contributed by atoms with van der Waals surface area (Å²) in [6, 6.07) is 20.5. The highest BCUT2D eigenvalue weighted by Crippen LogP contribution is 2.44. The van der Waals surface area contributed by atoms with Crippen LogP contribution < -0.4 is 15.4 Å². The van der Waals surface area contributed by atoms with Crippen LogP contribution in [0.25, 0.3) is 11.1 Å². The summed E-state index contributed by atoms with van der Waals surface area (Å²) in [5.74, 6) is -1.28. The quantitative estimate of drug-likeness (QED) is 0.378. The summed E-state index contributed by atoms with van der Waals surface area (Å²) in [5.41, 5.74) is 4.04. The average molecular weight is 600 g/mol. The molecule has 44 heavy (non-hydrogen) atoms. The molecule has 0 bridgehead atoms. The van der Waals surface area contributed by atoms with Gasteiger partial charge in [-0.15, -0.1) is 0 Å². The Morgan fingerprint density at radius 1 is 0.955 bits per heavy atom. The lowest BCUT2D eigenvalue weighted by atomic mass is 9.98. The predicted molar refractivity (Wildman–Crippen MR) is 163 cm³/mol. The number of carbonyl (C=O) groups excluding carboxylic acids is 4. The second-order valence-electron chi connectivity index (χ2n) is 11.9. The lowest BCUT2D eigenvalue weighted by molar-refractivity contribution is -0.172. The highest BCUT2D eigenvalue weighted by molar-refractivity contribution is 5.94. The zero-order valence-electron chi connectivity index (χ0n) is 25.5. The molecule has 3 atom stereocenters. The maximum absolute atomic E-state index is 14.0. The topological polar surface area (TPSA) is 123 Å². The molecule has 2 N–H and O–H groups in total. The van der Waals surface area contributed by atoms with Gasteiger partial charge in [0.15, 0.2) is 0 Å². The van der Waals surface area contributed by atoms with Gasteiger partial charge >= 0.3 is 12.1 Å². The van der Waals surface area contributed by atoms with Crippen molar-refractivity contribution in [2.45, 2.75) is 63.9 Å². The lowest BCUT2D eigenvalue weighted by Crippen LogP contribution is -2.62. The van der Waals surface area contributed by atoms with Crippen molar-refractivity contribution in [2.75, 3.05) is 13.7 Å². The van der Waals surface area contributed by atoms with Crippen LogP contribution in [-0.4, -0.2) is 60.2 Å². The Hall–Kier alpha value is -4.86. The van der Waals surface area contributed by atoms with Gasteiger partial charge in [0.05, 0.1) is 13.5 Å². The van der Waals surface area contributed by atoms with E-state index in [-0.39, 0.29) is 18.9 Å². The van der Waals surface area contributed by atoms with Gasteiger partial charge in [0.25, 0.3) is 0 Å². The number of nitrogens with one attached hydrogen (secondary N) is 2. The zero-order valence-corrected chi connectivity index (χ0v) is 25.5. The number of amides is 3. The molecule has 1 aliphatic heterocycles. The van der Waals surface area contributed by atoms with Crippen molar-refractivity contribution in [2.24, 2.45) is 0 Å². The van der Waals surface area contributed by atoms with Gasteiger partial charge in [-0.25, -0.2) is 9.59 Å². The minimum absolute atomic E-state index is 0.0789. The van der Waals surface area contributed by atoms with Crippen LogP contribution in [0.15, 0.2) is 72.8 Å². The number of ether oxygens (including phenoxy) is 3. The Balaban J connectivity index is 1.34. The van der Waals surface area contributed by atoms with Crippen molar-refractivity contribution < 1.29 is 33.4 Å². The van der Waals surface area contributed by atoms with E-state index in [1.54, 1.807) is 45.0 Å². The van der Waals surface area contributed by atoms with Gasteiger partial charge in [0, 0.05) is 5.92 Å². The van der Waals surface area contributed by atoms with Gasteiger partial charge in [-0.05, 0) is 67.6 Å². The summed E-state index contributed by atoms with van der Waals surface area (Å²) in [4.78, 5) is 54.4. The molecule has 10 heteroatoms. The van der Waals surface area contributed by atoms with Gasteiger partial charge in [-0.1, -0.05) is 60.7 Å². The summed E-state index contributed by atoms with van der Waals surface area (Å²) in [5, 5.41) is 5.43. The van der Waals surface area contributed by atoms with Crippen LogP contribution in [0.2, 0.25) is 0 Å². The van der Waals surface area contributed by atoms with Gasteiger partial charge in [-0.3, -0.25) is 9.59 Å². The molecular formula is C34H37N3O7. The van der Waals surface area contributed by atoms with E-state index in [1.807, 2.05) is 48.5 Å². The van der Waals surface area contributed by atoms with Gasteiger partial charge in [-0.2, -0.15) is 0 Å². The van der Waals surface area contributed by atoms with E-state index in [0.29, 0.717) is 11.3 Å². The van der Waals surface area contributed by atoms with Crippen LogP contribution >= 0.6 is 0 Å². The van der Waals surface area contributed by atoms with Crippen molar-refractivity contribution in [3.63, 3.8) is 0 Å². The first-order valence-electron chi connectivity index (χ1n) is 14.6. The number of fused-ring (bicyclic) bond motifs is 3. The van der Waals surface area contributed by atoms with E-state index in [4.69, 9.17) is 14.2 Å². The second-order valence-corrected chi connectivity index (χ2v) is 11.9. The third kappa shape index (κ3) is 6.39. The van der Waals surface area contributed by atoms with Crippen molar-refractivity contribution in [3.8, 4) is 16.9 Å². The van der Waals surface area contributed by atoms with Crippen molar-refractivity contribution >= 4 is 23.9 Å². The number of carbonyl (C=O) groups is 4. The molecule has 1 aliphatic carbocycles. The molecule has 3 aromatic carbocycles. The van der Waals surface area contributed by atoms with E-state index in [2.05, 4.69) is 10.6 Å². The zero-order chi connectivity index (χ0) is 31.6. The first kappa shape index (κ1) is 30.6. The fourth-order valence-electron chi connectivity index (χ4n) is 5.71.